The van der Waals surface area contributed by atoms with E-state index in [1.807, 2.05) is 30.5 Å². The summed E-state index contributed by atoms with van der Waals surface area (Å²) in [6, 6.07) is 7.15. The molecule has 0 fully saturated rings. The van der Waals surface area contributed by atoms with Gasteiger partial charge in [-0.2, -0.15) is 16.9 Å². The van der Waals surface area contributed by atoms with Crippen LogP contribution in [-0.2, 0) is 0 Å². The molecule has 1 heterocycles. The van der Waals surface area contributed by atoms with Crippen LogP contribution in [0.3, 0.4) is 0 Å². The summed E-state index contributed by atoms with van der Waals surface area (Å²) in [5.41, 5.74) is 1.79. The smallest absolute Gasteiger partial charge is 0.255 e. The molecule has 3 N–H and O–H groups in total. The number of hydrogen-bond acceptors (Lipinski definition) is 5. The standard InChI is InChI=1S/C16H21N3O3S/c1-22-14-6-4-3-5-12(14)15-13(9-17-19-15)16(21)18-11(10-20)7-8-23-2/h3-6,9,11,20H,7-8,10H2,1-2H3,(H,17,19)(H,18,21)/t11-/m0/s1. The normalized spacial score (nSPS) is 12.0. The van der Waals surface area contributed by atoms with Gasteiger partial charge in [-0.3, -0.25) is 9.89 Å². The van der Waals surface area contributed by atoms with Gasteiger partial charge in [0.2, 0.25) is 0 Å². The fourth-order valence-electron chi connectivity index (χ4n) is 2.25. The number of thioether (sulfide) groups is 1. The van der Waals surface area contributed by atoms with Gasteiger partial charge in [-0.25, -0.2) is 0 Å². The molecule has 7 heteroatoms. The van der Waals surface area contributed by atoms with E-state index in [0.717, 1.165) is 11.3 Å². The summed E-state index contributed by atoms with van der Waals surface area (Å²) in [7, 11) is 1.58. The van der Waals surface area contributed by atoms with Gasteiger partial charge in [-0.05, 0) is 30.6 Å². The van der Waals surface area contributed by atoms with Crippen LogP contribution in [0, 0.1) is 0 Å². The van der Waals surface area contributed by atoms with E-state index in [4.69, 9.17) is 4.74 Å². The Morgan fingerprint density at radius 1 is 1.48 bits per heavy atom. The minimum absolute atomic E-state index is 0.0891. The van der Waals surface area contributed by atoms with Crippen molar-refractivity contribution in [1.82, 2.24) is 15.5 Å². The Kier molecular flexibility index (Phi) is 6.49. The Bertz CT molecular complexity index is 645. The number of nitrogens with zero attached hydrogens (tertiary/aromatic N) is 1. The lowest BCUT2D eigenvalue weighted by atomic mass is 10.1. The zero-order chi connectivity index (χ0) is 16.7. The number of carbonyl (C=O) groups excluding carboxylic acids is 1. The number of ether oxygens (including phenoxy) is 1. The van der Waals surface area contributed by atoms with E-state index in [2.05, 4.69) is 15.5 Å². The topological polar surface area (TPSA) is 87.2 Å². The molecule has 0 saturated heterocycles. The Hall–Kier alpha value is -1.99. The average molecular weight is 335 g/mol. The third-order valence-corrected chi connectivity index (χ3v) is 4.13. The first kappa shape index (κ1) is 17.4. The lowest BCUT2D eigenvalue weighted by molar-refractivity contribution is 0.0916. The van der Waals surface area contributed by atoms with E-state index in [9.17, 15) is 9.90 Å². The molecule has 1 aromatic carbocycles. The SMILES string of the molecule is COc1ccccc1-c1[nH]ncc1C(=O)N[C@H](CO)CCSC. The fourth-order valence-corrected chi connectivity index (χ4v) is 2.77. The number of aromatic nitrogens is 2. The second kappa shape index (κ2) is 8.59. The van der Waals surface area contributed by atoms with Crippen molar-refractivity contribution in [2.75, 3.05) is 25.7 Å². The molecule has 6 nitrogen and oxygen atoms in total. The predicted octanol–water partition coefficient (Wildman–Crippen LogP) is 1.93. The summed E-state index contributed by atoms with van der Waals surface area (Å²) in [5.74, 6) is 1.27. The van der Waals surface area contributed by atoms with Crippen molar-refractivity contribution in [3.05, 3.63) is 36.0 Å². The molecule has 1 amide bonds. The van der Waals surface area contributed by atoms with Crippen LogP contribution < -0.4 is 10.1 Å². The minimum Gasteiger partial charge on any atom is -0.496 e. The van der Waals surface area contributed by atoms with Crippen molar-refractivity contribution >= 4 is 17.7 Å². The van der Waals surface area contributed by atoms with Gasteiger partial charge >= 0.3 is 0 Å². The van der Waals surface area contributed by atoms with Crippen LogP contribution >= 0.6 is 11.8 Å². The summed E-state index contributed by atoms with van der Waals surface area (Å²) >= 11 is 1.68. The molecule has 0 radical (unpaired) electrons. The van der Waals surface area contributed by atoms with Crippen LogP contribution in [0.15, 0.2) is 30.5 Å². The first-order chi connectivity index (χ1) is 11.2. The van der Waals surface area contributed by atoms with Crippen LogP contribution in [0.1, 0.15) is 16.8 Å². The van der Waals surface area contributed by atoms with Crippen molar-refractivity contribution in [3.8, 4) is 17.0 Å². The zero-order valence-electron chi connectivity index (χ0n) is 13.2. The molecule has 0 aliphatic heterocycles. The molecule has 0 bridgehead atoms. The average Bonchev–Trinajstić information content (AvgIpc) is 3.07. The third-order valence-electron chi connectivity index (χ3n) is 3.49. The molecule has 0 aliphatic rings. The molecule has 0 spiro atoms. The Morgan fingerprint density at radius 2 is 2.26 bits per heavy atom. The van der Waals surface area contributed by atoms with E-state index in [0.29, 0.717) is 23.4 Å². The number of benzene rings is 1. The Labute approximate surface area is 139 Å². The van der Waals surface area contributed by atoms with E-state index in [1.54, 1.807) is 18.9 Å². The molecular formula is C16H21N3O3S. The molecule has 2 rings (SSSR count). The predicted molar refractivity (Wildman–Crippen MR) is 91.9 cm³/mol. The Balaban J connectivity index is 2.21. The van der Waals surface area contributed by atoms with Crippen molar-refractivity contribution in [3.63, 3.8) is 0 Å². The summed E-state index contributed by atoms with van der Waals surface area (Å²) < 4.78 is 5.34. The Morgan fingerprint density at radius 3 is 2.96 bits per heavy atom. The van der Waals surface area contributed by atoms with Crippen LogP contribution in [0.5, 0.6) is 5.75 Å². The maximum absolute atomic E-state index is 12.5. The first-order valence-corrected chi connectivity index (χ1v) is 8.68. The summed E-state index contributed by atoms with van der Waals surface area (Å²) in [5, 5.41) is 19.1. The number of H-pyrrole nitrogens is 1. The highest BCUT2D eigenvalue weighted by atomic mass is 32.2. The number of amides is 1. The summed E-state index contributed by atoms with van der Waals surface area (Å²) in [6.07, 6.45) is 4.19. The monoisotopic (exact) mass is 335 g/mol. The van der Waals surface area contributed by atoms with Gasteiger partial charge in [0.05, 0.1) is 37.2 Å². The highest BCUT2D eigenvalue weighted by Gasteiger charge is 2.20. The molecule has 124 valence electrons. The molecule has 0 unspecified atom stereocenters. The van der Waals surface area contributed by atoms with Gasteiger partial charge in [0.15, 0.2) is 0 Å². The number of para-hydroxylation sites is 1. The summed E-state index contributed by atoms with van der Waals surface area (Å²) in [4.78, 5) is 12.5. The van der Waals surface area contributed by atoms with Gasteiger partial charge in [-0.15, -0.1) is 0 Å². The number of methoxy groups -OCH3 is 1. The number of aromatic amines is 1. The molecule has 0 saturated carbocycles. The van der Waals surface area contributed by atoms with Gasteiger partial charge in [0, 0.05) is 5.56 Å². The fraction of sp³-hybridized carbons (Fsp3) is 0.375. The van der Waals surface area contributed by atoms with Crippen molar-refractivity contribution in [2.24, 2.45) is 0 Å². The van der Waals surface area contributed by atoms with Crippen LogP contribution in [0.2, 0.25) is 0 Å². The third kappa shape index (κ3) is 4.27. The lowest BCUT2D eigenvalue weighted by Gasteiger charge is -2.16. The van der Waals surface area contributed by atoms with Gasteiger partial charge < -0.3 is 15.2 Å². The van der Waals surface area contributed by atoms with Crippen LogP contribution in [0.4, 0.5) is 0 Å². The van der Waals surface area contributed by atoms with Gasteiger partial charge in [0.25, 0.3) is 5.91 Å². The molecular weight excluding hydrogens is 314 g/mol. The summed E-state index contributed by atoms with van der Waals surface area (Å²) in [6.45, 7) is -0.0891. The number of hydrogen-bond donors (Lipinski definition) is 3. The number of nitrogens with one attached hydrogen (secondary N) is 2. The van der Waals surface area contributed by atoms with Gasteiger partial charge in [-0.1, -0.05) is 12.1 Å². The number of aliphatic hydroxyl groups excluding tert-OH is 1. The second-order valence-electron chi connectivity index (χ2n) is 4.99. The van der Waals surface area contributed by atoms with Crippen molar-refractivity contribution < 1.29 is 14.6 Å². The quantitative estimate of drug-likeness (QED) is 0.686. The largest absolute Gasteiger partial charge is 0.496 e. The highest BCUT2D eigenvalue weighted by Crippen LogP contribution is 2.30. The highest BCUT2D eigenvalue weighted by molar-refractivity contribution is 7.98. The van der Waals surface area contributed by atoms with E-state index in [1.165, 1.54) is 6.20 Å². The second-order valence-corrected chi connectivity index (χ2v) is 5.98. The molecule has 2 aromatic rings. The maximum Gasteiger partial charge on any atom is 0.255 e. The van der Waals surface area contributed by atoms with E-state index < -0.39 is 0 Å². The van der Waals surface area contributed by atoms with E-state index >= 15 is 0 Å². The zero-order valence-corrected chi connectivity index (χ0v) is 14.0. The number of carbonyl (C=O) groups is 1. The van der Waals surface area contributed by atoms with Crippen molar-refractivity contribution in [2.45, 2.75) is 12.5 Å². The first-order valence-electron chi connectivity index (χ1n) is 7.28. The molecule has 1 atom stereocenters. The van der Waals surface area contributed by atoms with E-state index in [-0.39, 0.29) is 18.6 Å². The minimum atomic E-state index is -0.268. The number of aliphatic hydroxyl groups is 1. The molecule has 0 aliphatic carbocycles. The molecule has 1 aromatic heterocycles. The van der Waals surface area contributed by atoms with Crippen LogP contribution in [0.25, 0.3) is 11.3 Å². The van der Waals surface area contributed by atoms with Crippen molar-refractivity contribution in [1.29, 1.82) is 0 Å². The van der Waals surface area contributed by atoms with Gasteiger partial charge in [0.1, 0.15) is 5.75 Å². The number of rotatable bonds is 8. The maximum atomic E-state index is 12.5. The lowest BCUT2D eigenvalue weighted by Crippen LogP contribution is -2.38. The van der Waals surface area contributed by atoms with Crippen LogP contribution in [-0.4, -0.2) is 53.0 Å². The molecule has 23 heavy (non-hydrogen) atoms.